The van der Waals surface area contributed by atoms with Crippen LogP contribution in [-0.4, -0.2) is 45.1 Å². The molecule has 0 radical (unpaired) electrons. The van der Waals surface area contributed by atoms with Crippen molar-refractivity contribution in [3.63, 3.8) is 0 Å². The number of amides is 1. The zero-order valence-corrected chi connectivity index (χ0v) is 24.0. The average Bonchev–Trinajstić information content (AvgIpc) is 2.92. The van der Waals surface area contributed by atoms with Gasteiger partial charge in [0.15, 0.2) is 0 Å². The number of nitrogens with one attached hydrogen (secondary N) is 1. The molecule has 4 rings (SSSR count). The van der Waals surface area contributed by atoms with Crippen LogP contribution >= 0.6 is 0 Å². The molecule has 1 amide bonds. The third-order valence-electron chi connectivity index (χ3n) is 6.61. The Bertz CT molecular complexity index is 1250. The molecule has 1 aliphatic heterocycles. The molecule has 3 aromatic rings. The van der Waals surface area contributed by atoms with E-state index in [4.69, 9.17) is 4.74 Å². The van der Waals surface area contributed by atoms with Gasteiger partial charge in [0.25, 0.3) is 0 Å². The van der Waals surface area contributed by atoms with Gasteiger partial charge in [0, 0.05) is 49.7 Å². The molecule has 39 heavy (non-hydrogen) atoms. The third-order valence-corrected chi connectivity index (χ3v) is 8.56. The van der Waals surface area contributed by atoms with Gasteiger partial charge in [-0.05, 0) is 79.6 Å². The molecule has 1 unspecified atom stereocenters. The first-order chi connectivity index (χ1) is 18.6. The summed E-state index contributed by atoms with van der Waals surface area (Å²) in [4.78, 5) is 15.1. The smallest absolute Gasteiger partial charge is 0.410 e. The van der Waals surface area contributed by atoms with Gasteiger partial charge in [-0.15, -0.1) is 0 Å². The molecular weight excluding hydrogens is 510 g/mol. The summed E-state index contributed by atoms with van der Waals surface area (Å²) < 4.78 is 31.0. The van der Waals surface area contributed by atoms with Crippen molar-refractivity contribution in [2.75, 3.05) is 25.0 Å². The number of hydrogen-bond acceptors (Lipinski definition) is 4. The zero-order chi connectivity index (χ0) is 27.9. The lowest BCUT2D eigenvalue weighted by atomic mass is 10.1. The molecule has 0 aromatic heterocycles. The molecular formula is C31H40N3O4S+. The summed E-state index contributed by atoms with van der Waals surface area (Å²) >= 11 is 0. The molecule has 1 aliphatic rings. The van der Waals surface area contributed by atoms with Crippen molar-refractivity contribution in [3.8, 4) is 0 Å². The molecule has 1 fully saturated rings. The normalized spacial score (nSPS) is 15.8. The fourth-order valence-electron chi connectivity index (χ4n) is 4.53. The van der Waals surface area contributed by atoms with Crippen molar-refractivity contribution < 1.29 is 18.3 Å². The Morgan fingerprint density at radius 1 is 0.897 bits per heavy atom. The summed E-state index contributed by atoms with van der Waals surface area (Å²) in [5, 5.41) is 3.36. The Balaban J connectivity index is 1.35. The second-order valence-corrected chi connectivity index (χ2v) is 13.0. The number of benzene rings is 3. The fraction of sp³-hybridized carbons (Fsp3) is 0.387. The highest BCUT2D eigenvalue weighted by Crippen LogP contribution is 2.27. The first-order valence-corrected chi connectivity index (χ1v) is 15.1. The second-order valence-electron chi connectivity index (χ2n) is 11.0. The van der Waals surface area contributed by atoms with Crippen LogP contribution in [-0.2, 0) is 32.3 Å². The lowest BCUT2D eigenvalue weighted by Gasteiger charge is -2.27. The lowest BCUT2D eigenvalue weighted by molar-refractivity contribution is 0.0236. The predicted molar refractivity (Wildman–Crippen MR) is 157 cm³/mol. The molecule has 0 spiro atoms. The summed E-state index contributed by atoms with van der Waals surface area (Å²) in [5.74, 6) is 0. The van der Waals surface area contributed by atoms with Gasteiger partial charge in [-0.25, -0.2) is 4.79 Å². The van der Waals surface area contributed by atoms with E-state index in [0.29, 0.717) is 37.5 Å². The maximum absolute atomic E-state index is 13.0. The highest BCUT2D eigenvalue weighted by Gasteiger charge is 2.38. The van der Waals surface area contributed by atoms with E-state index < -0.39 is 16.0 Å². The van der Waals surface area contributed by atoms with Crippen LogP contribution in [0.15, 0.2) is 83.8 Å². The van der Waals surface area contributed by atoms with E-state index in [0.717, 1.165) is 41.8 Å². The Kier molecular flexibility index (Phi) is 9.43. The SMILES string of the molecule is CC(C)(C)OC(=O)N(CCc1ccc(Nc2ccc([S+](=O)(O)N3CCCCC3)cc2)cc1)Cc1ccccc1. The molecule has 0 saturated carbocycles. The van der Waals surface area contributed by atoms with Crippen molar-refractivity contribution in [2.45, 2.75) is 63.5 Å². The van der Waals surface area contributed by atoms with Gasteiger partial charge in [0.1, 0.15) is 5.60 Å². The van der Waals surface area contributed by atoms with Crippen LogP contribution in [0.3, 0.4) is 0 Å². The van der Waals surface area contributed by atoms with Crippen molar-refractivity contribution in [1.29, 1.82) is 0 Å². The molecule has 1 atom stereocenters. The average molecular weight is 551 g/mol. The number of nitrogens with zero attached hydrogens (tertiary/aromatic N) is 2. The largest absolute Gasteiger partial charge is 0.444 e. The van der Waals surface area contributed by atoms with E-state index in [-0.39, 0.29) is 6.09 Å². The Hall–Kier alpha value is -3.20. The summed E-state index contributed by atoms with van der Waals surface area (Å²) in [6, 6.07) is 25.2. The monoisotopic (exact) mass is 550 g/mol. The second kappa shape index (κ2) is 12.8. The molecule has 1 heterocycles. The van der Waals surface area contributed by atoms with Crippen molar-refractivity contribution >= 4 is 27.9 Å². The molecule has 0 aliphatic carbocycles. The van der Waals surface area contributed by atoms with Crippen molar-refractivity contribution in [3.05, 3.63) is 90.0 Å². The lowest BCUT2D eigenvalue weighted by Crippen LogP contribution is -2.39. The maximum atomic E-state index is 13.0. The van der Waals surface area contributed by atoms with Gasteiger partial charge in [0.2, 0.25) is 4.90 Å². The van der Waals surface area contributed by atoms with Gasteiger partial charge in [-0.2, -0.15) is 4.55 Å². The van der Waals surface area contributed by atoms with Crippen LogP contribution in [0, 0.1) is 0 Å². The van der Waals surface area contributed by atoms with Gasteiger partial charge >= 0.3 is 16.5 Å². The number of anilines is 2. The van der Waals surface area contributed by atoms with Crippen LogP contribution in [0.5, 0.6) is 0 Å². The number of carbonyl (C=O) groups excluding carboxylic acids is 1. The van der Waals surface area contributed by atoms with Crippen LogP contribution in [0.1, 0.15) is 51.2 Å². The van der Waals surface area contributed by atoms with Crippen LogP contribution in [0.25, 0.3) is 0 Å². The zero-order valence-electron chi connectivity index (χ0n) is 23.1. The van der Waals surface area contributed by atoms with E-state index in [2.05, 4.69) is 5.32 Å². The molecule has 7 nitrogen and oxygen atoms in total. The summed E-state index contributed by atoms with van der Waals surface area (Å²) in [6.07, 6.45) is 3.41. The summed E-state index contributed by atoms with van der Waals surface area (Å²) in [7, 11) is -3.19. The molecule has 1 saturated heterocycles. The minimum atomic E-state index is -3.19. The standard InChI is InChI=1S/C31H39N3O4S/c1-31(2,3)38-30(35)33(24-26-10-6-4-7-11-26)23-20-25-12-14-27(15-13-25)32-28-16-18-29(19-17-28)39(36,37)34-21-8-5-9-22-34/h4,6-7,10-19H,5,8-9,20-24H2,1-3H3,(H-,32,36,37)/p+1. The van der Waals surface area contributed by atoms with Crippen LogP contribution < -0.4 is 5.32 Å². The minimum absolute atomic E-state index is 0.319. The molecule has 208 valence electrons. The Morgan fingerprint density at radius 2 is 1.49 bits per heavy atom. The summed E-state index contributed by atoms with van der Waals surface area (Å²) in [6.45, 7) is 7.97. The molecule has 8 heteroatoms. The molecule has 2 N–H and O–H groups in total. The van der Waals surface area contributed by atoms with Crippen LogP contribution in [0.2, 0.25) is 0 Å². The topological polar surface area (TPSA) is 82.1 Å². The van der Waals surface area contributed by atoms with Crippen LogP contribution in [0.4, 0.5) is 16.2 Å². The minimum Gasteiger partial charge on any atom is -0.444 e. The maximum Gasteiger partial charge on any atom is 0.410 e. The Labute approximate surface area is 233 Å². The van der Waals surface area contributed by atoms with Gasteiger partial charge in [-0.3, -0.25) is 0 Å². The first kappa shape index (κ1) is 28.8. The number of piperidine rings is 1. The van der Waals surface area contributed by atoms with Gasteiger partial charge < -0.3 is 15.0 Å². The number of ether oxygens (including phenoxy) is 1. The van der Waals surface area contributed by atoms with Gasteiger partial charge in [0.05, 0.1) is 0 Å². The van der Waals surface area contributed by atoms with E-state index in [1.54, 1.807) is 21.3 Å². The van der Waals surface area contributed by atoms with Crippen molar-refractivity contribution in [1.82, 2.24) is 9.21 Å². The first-order valence-electron chi connectivity index (χ1n) is 13.6. The fourth-order valence-corrected chi connectivity index (χ4v) is 6.07. The predicted octanol–water partition coefficient (Wildman–Crippen LogP) is 7.14. The number of carbonyl (C=O) groups is 1. The van der Waals surface area contributed by atoms with Gasteiger partial charge in [-0.1, -0.05) is 53.2 Å². The van der Waals surface area contributed by atoms with E-state index in [9.17, 15) is 13.6 Å². The Morgan fingerprint density at radius 3 is 2.08 bits per heavy atom. The van der Waals surface area contributed by atoms with Crippen molar-refractivity contribution in [2.24, 2.45) is 0 Å². The highest BCUT2D eigenvalue weighted by molar-refractivity contribution is 7.95. The van der Waals surface area contributed by atoms with E-state index >= 15 is 0 Å². The molecule has 0 bridgehead atoms. The third kappa shape index (κ3) is 8.39. The van der Waals surface area contributed by atoms with E-state index in [1.165, 1.54) is 0 Å². The molecule has 3 aromatic carbocycles. The van der Waals surface area contributed by atoms with E-state index in [1.807, 2.05) is 87.5 Å². The summed E-state index contributed by atoms with van der Waals surface area (Å²) in [5.41, 5.74) is 3.37. The number of rotatable bonds is 9. The highest BCUT2D eigenvalue weighted by atomic mass is 32.3. The quantitative estimate of drug-likeness (QED) is 0.277. The number of hydrogen-bond donors (Lipinski definition) is 2.